The highest BCUT2D eigenvalue weighted by molar-refractivity contribution is 7.19. The van der Waals surface area contributed by atoms with E-state index in [1.54, 1.807) is 11.3 Å². The summed E-state index contributed by atoms with van der Waals surface area (Å²) in [6, 6.07) is 16.8. The zero-order valence-corrected chi connectivity index (χ0v) is 14.8. The van der Waals surface area contributed by atoms with E-state index in [1.165, 1.54) is 15.8 Å². The Morgan fingerprint density at radius 1 is 1.04 bits per heavy atom. The molecule has 1 unspecified atom stereocenters. The van der Waals surface area contributed by atoms with Gasteiger partial charge in [-0.25, -0.2) is 4.98 Å². The molecule has 0 radical (unpaired) electrons. The summed E-state index contributed by atoms with van der Waals surface area (Å²) in [5, 5.41) is 7.78. The van der Waals surface area contributed by atoms with E-state index in [0.717, 1.165) is 16.3 Å². The van der Waals surface area contributed by atoms with Crippen LogP contribution in [0.1, 0.15) is 4.88 Å². The zero-order chi connectivity index (χ0) is 17.1. The summed E-state index contributed by atoms with van der Waals surface area (Å²) in [6.45, 7) is 0. The smallest absolute Gasteiger partial charge is 0.132 e. The van der Waals surface area contributed by atoms with Gasteiger partial charge in [0.2, 0.25) is 0 Å². The van der Waals surface area contributed by atoms with Crippen molar-refractivity contribution in [3.05, 3.63) is 83.8 Å². The first-order valence-electron chi connectivity index (χ1n) is 8.29. The number of para-hydroxylation sites is 1. The van der Waals surface area contributed by atoms with Gasteiger partial charge in [0.1, 0.15) is 10.6 Å². The van der Waals surface area contributed by atoms with Crippen molar-refractivity contribution in [1.29, 1.82) is 0 Å². The maximum atomic E-state index is 4.77. The van der Waals surface area contributed by atoms with Crippen molar-refractivity contribution >= 4 is 38.6 Å². The molecule has 124 valence electrons. The van der Waals surface area contributed by atoms with Crippen LogP contribution in [0.2, 0.25) is 0 Å². The molecule has 1 atom stereocenters. The minimum atomic E-state index is 0.280. The highest BCUT2D eigenvalue weighted by Crippen LogP contribution is 2.32. The van der Waals surface area contributed by atoms with E-state index >= 15 is 0 Å². The quantitative estimate of drug-likeness (QED) is 0.688. The van der Waals surface area contributed by atoms with Crippen LogP contribution in [0.25, 0.3) is 15.8 Å². The number of rotatable bonds is 4. The minimum Gasteiger partial charge on any atom is -0.340 e. The number of anilines is 2. The molecule has 3 aromatic rings. The van der Waals surface area contributed by atoms with Crippen LogP contribution in [0, 0.1) is 0 Å². The predicted molar refractivity (Wildman–Crippen MR) is 108 cm³/mol. The summed E-state index contributed by atoms with van der Waals surface area (Å²) in [5.41, 5.74) is 2.26. The second-order valence-electron chi connectivity index (χ2n) is 5.87. The molecule has 1 aliphatic carbocycles. The third-order valence-corrected chi connectivity index (χ3v) is 5.22. The van der Waals surface area contributed by atoms with Gasteiger partial charge in [0.15, 0.2) is 0 Å². The number of nitrogens with zero attached hydrogens (tertiary/aromatic N) is 1. The normalized spacial score (nSPS) is 16.7. The van der Waals surface area contributed by atoms with Gasteiger partial charge in [0, 0.05) is 22.0 Å². The van der Waals surface area contributed by atoms with E-state index in [4.69, 9.17) is 4.98 Å². The fourth-order valence-electron chi connectivity index (χ4n) is 2.76. The Bertz CT molecular complexity index is 967. The third-order valence-electron chi connectivity index (χ3n) is 4.12. The summed E-state index contributed by atoms with van der Waals surface area (Å²) in [6.07, 6.45) is 10.8. The lowest BCUT2D eigenvalue weighted by atomic mass is 10.2. The lowest BCUT2D eigenvalue weighted by molar-refractivity contribution is 0.792. The van der Waals surface area contributed by atoms with Crippen molar-refractivity contribution in [3.63, 3.8) is 0 Å². The highest BCUT2D eigenvalue weighted by atomic mass is 32.1. The number of likely N-dealkylation sites (N-methyl/N-ethyl adjacent to an activating group) is 1. The SMILES string of the molecule is CNC1C=CC=C(c2cc3ccc(Nc4ccccc4)nc3s2)C=C1. The van der Waals surface area contributed by atoms with E-state index in [1.807, 2.05) is 43.4 Å². The molecule has 0 saturated carbocycles. The number of hydrogen-bond acceptors (Lipinski definition) is 4. The van der Waals surface area contributed by atoms with E-state index in [-0.39, 0.29) is 6.04 Å². The maximum Gasteiger partial charge on any atom is 0.132 e. The molecule has 25 heavy (non-hydrogen) atoms. The van der Waals surface area contributed by atoms with Gasteiger partial charge in [-0.15, -0.1) is 11.3 Å². The Kier molecular flexibility index (Phi) is 4.46. The van der Waals surface area contributed by atoms with Crippen molar-refractivity contribution in [2.45, 2.75) is 6.04 Å². The Balaban J connectivity index is 1.63. The maximum absolute atomic E-state index is 4.77. The second-order valence-corrected chi connectivity index (χ2v) is 6.90. The number of fused-ring (bicyclic) bond motifs is 1. The largest absolute Gasteiger partial charge is 0.340 e. The van der Waals surface area contributed by atoms with Crippen LogP contribution in [0.4, 0.5) is 11.5 Å². The van der Waals surface area contributed by atoms with Gasteiger partial charge < -0.3 is 10.6 Å². The van der Waals surface area contributed by atoms with Crippen LogP contribution in [0.3, 0.4) is 0 Å². The van der Waals surface area contributed by atoms with Crippen molar-refractivity contribution in [1.82, 2.24) is 10.3 Å². The topological polar surface area (TPSA) is 37.0 Å². The number of aromatic nitrogens is 1. The monoisotopic (exact) mass is 345 g/mol. The summed E-state index contributed by atoms with van der Waals surface area (Å²) >= 11 is 1.72. The molecule has 1 aromatic carbocycles. The van der Waals surface area contributed by atoms with E-state index in [9.17, 15) is 0 Å². The summed E-state index contributed by atoms with van der Waals surface area (Å²) in [4.78, 5) is 7.04. The molecular weight excluding hydrogens is 326 g/mol. The fourth-order valence-corrected chi connectivity index (χ4v) is 3.80. The molecule has 0 fully saturated rings. The number of hydrogen-bond donors (Lipinski definition) is 2. The third kappa shape index (κ3) is 3.55. The van der Waals surface area contributed by atoms with Gasteiger partial charge in [-0.05, 0) is 43.0 Å². The van der Waals surface area contributed by atoms with Crippen LogP contribution in [0.5, 0.6) is 0 Å². The molecular formula is C21H19N3S. The molecule has 4 rings (SSSR count). The fraction of sp³-hybridized carbons (Fsp3) is 0.0952. The van der Waals surface area contributed by atoms with Gasteiger partial charge in [-0.2, -0.15) is 0 Å². The standard InChI is InChI=1S/C21H19N3S/c1-22-17-9-5-6-15(10-12-17)19-14-16-11-13-20(24-21(16)25-19)23-18-7-3-2-4-8-18/h2-14,17,22H,1H3,(H,23,24). The Labute approximate surface area is 151 Å². The van der Waals surface area contributed by atoms with E-state index in [2.05, 4.69) is 53.1 Å². The summed E-state index contributed by atoms with van der Waals surface area (Å²) in [5.74, 6) is 0.868. The van der Waals surface area contributed by atoms with E-state index < -0.39 is 0 Å². The van der Waals surface area contributed by atoms with Crippen LogP contribution >= 0.6 is 11.3 Å². The molecule has 0 saturated heterocycles. The second kappa shape index (κ2) is 7.05. The Morgan fingerprint density at radius 2 is 1.92 bits per heavy atom. The molecule has 1 aliphatic rings. The van der Waals surface area contributed by atoms with Crippen molar-refractivity contribution in [2.24, 2.45) is 0 Å². The lowest BCUT2D eigenvalue weighted by Gasteiger charge is -2.04. The number of pyridine rings is 1. The Morgan fingerprint density at radius 3 is 2.76 bits per heavy atom. The average molecular weight is 345 g/mol. The van der Waals surface area contributed by atoms with Crippen LogP contribution < -0.4 is 10.6 Å². The van der Waals surface area contributed by atoms with Gasteiger partial charge in [-0.3, -0.25) is 0 Å². The van der Waals surface area contributed by atoms with Gasteiger partial charge in [0.25, 0.3) is 0 Å². The number of benzene rings is 1. The molecule has 4 heteroatoms. The van der Waals surface area contributed by atoms with Gasteiger partial charge in [-0.1, -0.05) is 48.6 Å². The minimum absolute atomic E-state index is 0.280. The molecule has 0 aliphatic heterocycles. The zero-order valence-electron chi connectivity index (χ0n) is 13.9. The van der Waals surface area contributed by atoms with Crippen molar-refractivity contribution in [3.8, 4) is 0 Å². The first-order valence-corrected chi connectivity index (χ1v) is 9.10. The predicted octanol–water partition coefficient (Wildman–Crippen LogP) is 5.14. The summed E-state index contributed by atoms with van der Waals surface area (Å²) in [7, 11) is 1.97. The molecule has 2 aromatic heterocycles. The van der Waals surface area contributed by atoms with Crippen molar-refractivity contribution < 1.29 is 0 Å². The molecule has 0 bridgehead atoms. The van der Waals surface area contributed by atoms with Crippen LogP contribution in [-0.4, -0.2) is 18.1 Å². The number of allylic oxidation sites excluding steroid dienone is 4. The van der Waals surface area contributed by atoms with Crippen LogP contribution in [0.15, 0.2) is 78.9 Å². The number of thiophene rings is 1. The molecule has 0 amide bonds. The van der Waals surface area contributed by atoms with Gasteiger partial charge >= 0.3 is 0 Å². The average Bonchev–Trinajstić information content (AvgIpc) is 2.91. The first kappa shape index (κ1) is 15.8. The lowest BCUT2D eigenvalue weighted by Crippen LogP contribution is -2.19. The Hall–Kier alpha value is -2.69. The first-order chi connectivity index (χ1) is 12.3. The highest BCUT2D eigenvalue weighted by Gasteiger charge is 2.09. The molecule has 3 nitrogen and oxygen atoms in total. The van der Waals surface area contributed by atoms with Crippen LogP contribution in [-0.2, 0) is 0 Å². The summed E-state index contributed by atoms with van der Waals surface area (Å²) < 4.78 is 0. The molecule has 2 N–H and O–H groups in total. The molecule has 2 heterocycles. The number of nitrogens with one attached hydrogen (secondary N) is 2. The molecule has 0 spiro atoms. The van der Waals surface area contributed by atoms with Crippen molar-refractivity contribution in [2.75, 3.05) is 12.4 Å². The van der Waals surface area contributed by atoms with E-state index in [0.29, 0.717) is 0 Å². The van der Waals surface area contributed by atoms with Gasteiger partial charge in [0.05, 0.1) is 0 Å².